The second-order valence-electron chi connectivity index (χ2n) is 7.04. The van der Waals surface area contributed by atoms with Gasteiger partial charge in [0.2, 0.25) is 11.8 Å². The first-order valence-electron chi connectivity index (χ1n) is 9.84. The molecule has 0 aliphatic carbocycles. The molecule has 0 spiro atoms. The Balaban J connectivity index is 1.96. The molecule has 0 radical (unpaired) electrons. The molecule has 3 N–H and O–H groups in total. The molecule has 2 atom stereocenters. The molecule has 0 fully saturated rings. The van der Waals surface area contributed by atoms with Gasteiger partial charge in [0.15, 0.2) is 0 Å². The van der Waals surface area contributed by atoms with E-state index in [0.29, 0.717) is 0 Å². The Morgan fingerprint density at radius 2 is 1.50 bits per heavy atom. The van der Waals surface area contributed by atoms with Crippen LogP contribution in [0.1, 0.15) is 43.7 Å². The van der Waals surface area contributed by atoms with Gasteiger partial charge in [-0.3, -0.25) is 9.59 Å². The van der Waals surface area contributed by atoms with Gasteiger partial charge in [-0.15, -0.1) is 0 Å². The number of rotatable bonds is 10. The maximum atomic E-state index is 12.9. The van der Waals surface area contributed by atoms with Crippen molar-refractivity contribution < 1.29 is 14.7 Å². The highest BCUT2D eigenvalue weighted by atomic mass is 16.3. The van der Waals surface area contributed by atoms with Crippen LogP contribution in [-0.2, 0) is 9.59 Å². The number of benzene rings is 2. The molecule has 2 aromatic carbocycles. The van der Waals surface area contributed by atoms with Gasteiger partial charge in [-0.25, -0.2) is 0 Å². The highest BCUT2D eigenvalue weighted by molar-refractivity contribution is 5.87. The van der Waals surface area contributed by atoms with Crippen LogP contribution in [0, 0.1) is 5.92 Å². The van der Waals surface area contributed by atoms with Crippen molar-refractivity contribution in [1.82, 2.24) is 10.6 Å². The van der Waals surface area contributed by atoms with E-state index < -0.39 is 5.92 Å². The predicted molar refractivity (Wildman–Crippen MR) is 111 cm³/mol. The van der Waals surface area contributed by atoms with E-state index >= 15 is 0 Å². The van der Waals surface area contributed by atoms with E-state index in [2.05, 4.69) is 10.6 Å². The third-order valence-corrected chi connectivity index (χ3v) is 5.05. The molecular weight excluding hydrogens is 352 g/mol. The highest BCUT2D eigenvalue weighted by Crippen LogP contribution is 2.24. The van der Waals surface area contributed by atoms with Crippen LogP contribution in [0.5, 0.6) is 0 Å². The van der Waals surface area contributed by atoms with Crippen LogP contribution in [0.3, 0.4) is 0 Å². The number of aliphatic hydroxyl groups is 1. The molecule has 2 rings (SSSR count). The summed E-state index contributed by atoms with van der Waals surface area (Å²) < 4.78 is 0. The Labute approximate surface area is 167 Å². The summed E-state index contributed by atoms with van der Waals surface area (Å²) in [5.41, 5.74) is 1.82. The Morgan fingerprint density at radius 3 is 1.96 bits per heavy atom. The molecule has 5 nitrogen and oxygen atoms in total. The van der Waals surface area contributed by atoms with Crippen molar-refractivity contribution in [3.8, 4) is 0 Å². The fourth-order valence-electron chi connectivity index (χ4n) is 3.12. The standard InChI is InChI=1S/C23H30N2O3/c1-3-17(2)20(16-26)25-21(27)14-15-24-23(28)22(18-10-6-4-7-11-18)19-12-8-5-9-13-19/h4-13,17,20,22,26H,3,14-16H2,1-2H3,(H,24,28)(H,25,27). The van der Waals surface area contributed by atoms with Gasteiger partial charge in [0.1, 0.15) is 0 Å². The molecule has 5 heteroatoms. The van der Waals surface area contributed by atoms with E-state index in [1.807, 2.05) is 74.5 Å². The second kappa shape index (κ2) is 11.2. The summed E-state index contributed by atoms with van der Waals surface area (Å²) in [6, 6.07) is 19.0. The van der Waals surface area contributed by atoms with Crippen molar-refractivity contribution >= 4 is 11.8 Å². The SMILES string of the molecule is CCC(C)C(CO)NC(=O)CCNC(=O)C(c1ccccc1)c1ccccc1. The van der Waals surface area contributed by atoms with E-state index in [0.717, 1.165) is 17.5 Å². The molecule has 2 unspecified atom stereocenters. The van der Waals surface area contributed by atoms with Crippen molar-refractivity contribution in [2.75, 3.05) is 13.2 Å². The summed E-state index contributed by atoms with van der Waals surface area (Å²) in [6.45, 7) is 4.18. The lowest BCUT2D eigenvalue weighted by Crippen LogP contribution is -2.43. The molecule has 28 heavy (non-hydrogen) atoms. The zero-order chi connectivity index (χ0) is 20.4. The van der Waals surface area contributed by atoms with Crippen LogP contribution in [-0.4, -0.2) is 36.1 Å². The first-order valence-corrected chi connectivity index (χ1v) is 9.84. The summed E-state index contributed by atoms with van der Waals surface area (Å²) in [5, 5.41) is 15.2. The molecule has 2 amide bonds. The van der Waals surface area contributed by atoms with E-state index in [1.165, 1.54) is 0 Å². The van der Waals surface area contributed by atoms with E-state index in [4.69, 9.17) is 0 Å². The van der Waals surface area contributed by atoms with Gasteiger partial charge in [0.05, 0.1) is 18.6 Å². The summed E-state index contributed by atoms with van der Waals surface area (Å²) in [4.78, 5) is 25.0. The minimum absolute atomic E-state index is 0.0861. The topological polar surface area (TPSA) is 78.4 Å². The van der Waals surface area contributed by atoms with Crippen LogP contribution in [0.4, 0.5) is 0 Å². The van der Waals surface area contributed by atoms with E-state index in [1.54, 1.807) is 0 Å². The normalized spacial score (nSPS) is 13.0. The molecule has 0 aromatic heterocycles. The number of hydrogen-bond acceptors (Lipinski definition) is 3. The molecule has 150 valence electrons. The Hall–Kier alpha value is -2.66. The Kier molecular flexibility index (Phi) is 8.69. The number of amides is 2. The van der Waals surface area contributed by atoms with Crippen molar-refractivity contribution in [2.45, 2.75) is 38.6 Å². The summed E-state index contributed by atoms with van der Waals surface area (Å²) in [6.07, 6.45) is 1.05. The molecule has 2 aromatic rings. The van der Waals surface area contributed by atoms with Gasteiger partial charge >= 0.3 is 0 Å². The van der Waals surface area contributed by atoms with E-state index in [9.17, 15) is 14.7 Å². The smallest absolute Gasteiger partial charge is 0.232 e. The highest BCUT2D eigenvalue weighted by Gasteiger charge is 2.22. The summed E-state index contributed by atoms with van der Waals surface area (Å²) >= 11 is 0. The largest absolute Gasteiger partial charge is 0.394 e. The number of aliphatic hydroxyl groups excluding tert-OH is 1. The quantitative estimate of drug-likeness (QED) is 0.591. The minimum atomic E-state index is -0.421. The van der Waals surface area contributed by atoms with Gasteiger partial charge in [-0.05, 0) is 17.0 Å². The van der Waals surface area contributed by atoms with Crippen LogP contribution < -0.4 is 10.6 Å². The van der Waals surface area contributed by atoms with Gasteiger partial charge in [-0.2, -0.15) is 0 Å². The van der Waals surface area contributed by atoms with Crippen molar-refractivity contribution in [3.63, 3.8) is 0 Å². The number of carbonyl (C=O) groups is 2. The van der Waals surface area contributed by atoms with Crippen LogP contribution >= 0.6 is 0 Å². The van der Waals surface area contributed by atoms with Crippen LogP contribution in [0.15, 0.2) is 60.7 Å². The Bertz CT molecular complexity index is 695. The van der Waals surface area contributed by atoms with Crippen molar-refractivity contribution in [3.05, 3.63) is 71.8 Å². The third-order valence-electron chi connectivity index (χ3n) is 5.05. The minimum Gasteiger partial charge on any atom is -0.394 e. The molecule has 0 aliphatic rings. The fourth-order valence-corrected chi connectivity index (χ4v) is 3.12. The molecule has 0 aliphatic heterocycles. The van der Waals surface area contributed by atoms with Gasteiger partial charge in [-0.1, -0.05) is 80.9 Å². The molecule has 0 saturated carbocycles. The first-order chi connectivity index (χ1) is 13.6. The van der Waals surface area contributed by atoms with E-state index in [-0.39, 0.29) is 43.3 Å². The average molecular weight is 383 g/mol. The van der Waals surface area contributed by atoms with Gasteiger partial charge < -0.3 is 15.7 Å². The zero-order valence-electron chi connectivity index (χ0n) is 16.6. The van der Waals surface area contributed by atoms with Crippen LogP contribution in [0.2, 0.25) is 0 Å². The monoisotopic (exact) mass is 382 g/mol. The maximum Gasteiger partial charge on any atom is 0.232 e. The molecular formula is C23H30N2O3. The zero-order valence-corrected chi connectivity index (χ0v) is 16.6. The molecule has 0 saturated heterocycles. The lowest BCUT2D eigenvalue weighted by atomic mass is 9.90. The molecule has 0 heterocycles. The number of nitrogens with one attached hydrogen (secondary N) is 2. The second-order valence-corrected chi connectivity index (χ2v) is 7.04. The van der Waals surface area contributed by atoms with Crippen molar-refractivity contribution in [2.24, 2.45) is 5.92 Å². The Morgan fingerprint density at radius 1 is 0.964 bits per heavy atom. The predicted octanol–water partition coefficient (Wildman–Crippen LogP) is 2.85. The first kappa shape index (κ1) is 21.6. The summed E-state index contributed by atoms with van der Waals surface area (Å²) in [7, 11) is 0. The number of carbonyl (C=O) groups excluding carboxylic acids is 2. The lowest BCUT2D eigenvalue weighted by Gasteiger charge is -2.22. The average Bonchev–Trinajstić information content (AvgIpc) is 2.73. The third kappa shape index (κ3) is 6.20. The number of hydrogen-bond donors (Lipinski definition) is 3. The van der Waals surface area contributed by atoms with Gasteiger partial charge in [0.25, 0.3) is 0 Å². The van der Waals surface area contributed by atoms with Crippen LogP contribution in [0.25, 0.3) is 0 Å². The van der Waals surface area contributed by atoms with Crippen molar-refractivity contribution in [1.29, 1.82) is 0 Å². The maximum absolute atomic E-state index is 12.9. The summed E-state index contributed by atoms with van der Waals surface area (Å²) in [5.74, 6) is -0.527. The lowest BCUT2D eigenvalue weighted by molar-refractivity contribution is -0.123. The fraction of sp³-hybridized carbons (Fsp3) is 0.391. The molecule has 0 bridgehead atoms. The van der Waals surface area contributed by atoms with Gasteiger partial charge in [0, 0.05) is 13.0 Å².